The quantitative estimate of drug-likeness (QED) is 0.807. The Kier molecular flexibility index (Phi) is 6.47. The lowest BCUT2D eigenvalue weighted by Gasteiger charge is -2.17. The average Bonchev–Trinajstić information content (AvgIpc) is 2.88. The molecule has 7 heteroatoms. The maximum absolute atomic E-state index is 13.0. The summed E-state index contributed by atoms with van der Waals surface area (Å²) in [5.41, 5.74) is 1.36. The molecule has 140 valence electrons. The molecule has 2 amide bonds. The fraction of sp³-hybridized carbons (Fsp3) is 0.421. The Morgan fingerprint density at radius 2 is 1.85 bits per heavy atom. The zero-order valence-corrected chi connectivity index (χ0v) is 16.3. The monoisotopic (exact) mass is 377 g/mol. The molecule has 2 N–H and O–H groups in total. The minimum atomic E-state index is -0.474. The van der Waals surface area contributed by atoms with Gasteiger partial charge in [0, 0.05) is 29.7 Å². The molecule has 1 aromatic heterocycles. The van der Waals surface area contributed by atoms with E-state index in [2.05, 4.69) is 15.6 Å². The van der Waals surface area contributed by atoms with Crippen LogP contribution in [-0.2, 0) is 16.0 Å². The number of amides is 2. The smallest absolute Gasteiger partial charge is 0.227 e. The Balaban J connectivity index is 1.87. The van der Waals surface area contributed by atoms with Crippen LogP contribution in [0.25, 0.3) is 0 Å². The van der Waals surface area contributed by atoms with Gasteiger partial charge in [0.1, 0.15) is 5.82 Å². The molecule has 0 radical (unpaired) electrons. The molecule has 0 unspecified atom stereocenters. The van der Waals surface area contributed by atoms with Crippen LogP contribution in [0.3, 0.4) is 0 Å². The molecular formula is C19H24FN3O2S. The van der Waals surface area contributed by atoms with E-state index in [9.17, 15) is 14.0 Å². The zero-order chi connectivity index (χ0) is 19.3. The van der Waals surface area contributed by atoms with E-state index in [1.54, 1.807) is 12.1 Å². The molecule has 0 spiro atoms. The molecule has 1 heterocycles. The van der Waals surface area contributed by atoms with Crippen LogP contribution < -0.4 is 10.6 Å². The van der Waals surface area contributed by atoms with Crippen molar-refractivity contribution in [2.75, 3.05) is 11.9 Å². The summed E-state index contributed by atoms with van der Waals surface area (Å²) in [4.78, 5) is 29.2. The normalized spacial score (nSPS) is 11.3. The van der Waals surface area contributed by atoms with Crippen molar-refractivity contribution in [2.24, 2.45) is 5.41 Å². The predicted molar refractivity (Wildman–Crippen MR) is 102 cm³/mol. The number of rotatable bonds is 6. The minimum absolute atomic E-state index is 0.0861. The number of aryl methyl sites for hydroxylation is 1. The summed E-state index contributed by atoms with van der Waals surface area (Å²) < 4.78 is 13.0. The van der Waals surface area contributed by atoms with Gasteiger partial charge in [-0.2, -0.15) is 0 Å². The largest absolute Gasteiger partial charge is 0.355 e. The van der Waals surface area contributed by atoms with Crippen LogP contribution >= 0.6 is 11.3 Å². The molecule has 2 aromatic rings. The van der Waals surface area contributed by atoms with E-state index in [4.69, 9.17) is 0 Å². The van der Waals surface area contributed by atoms with E-state index in [1.165, 1.54) is 23.5 Å². The van der Waals surface area contributed by atoms with Crippen molar-refractivity contribution in [1.29, 1.82) is 0 Å². The summed E-state index contributed by atoms with van der Waals surface area (Å²) in [6.45, 7) is 7.64. The highest BCUT2D eigenvalue weighted by Gasteiger charge is 2.20. The van der Waals surface area contributed by atoms with Gasteiger partial charge in [-0.15, -0.1) is 11.3 Å². The van der Waals surface area contributed by atoms with Gasteiger partial charge in [-0.25, -0.2) is 9.37 Å². The van der Waals surface area contributed by atoms with Gasteiger partial charge in [-0.1, -0.05) is 32.9 Å². The van der Waals surface area contributed by atoms with Gasteiger partial charge >= 0.3 is 0 Å². The van der Waals surface area contributed by atoms with Crippen LogP contribution in [0.15, 0.2) is 24.3 Å². The maximum Gasteiger partial charge on any atom is 0.227 e. The van der Waals surface area contributed by atoms with E-state index in [1.807, 2.05) is 27.7 Å². The lowest BCUT2D eigenvalue weighted by molar-refractivity contribution is -0.128. The zero-order valence-electron chi connectivity index (χ0n) is 15.5. The predicted octanol–water partition coefficient (Wildman–Crippen LogP) is 3.67. The molecule has 26 heavy (non-hydrogen) atoms. The number of anilines is 1. The molecular weight excluding hydrogens is 353 g/mol. The lowest BCUT2D eigenvalue weighted by atomic mass is 9.96. The van der Waals surface area contributed by atoms with Crippen LogP contribution in [0.5, 0.6) is 0 Å². The van der Waals surface area contributed by atoms with Gasteiger partial charge in [-0.3, -0.25) is 9.59 Å². The van der Waals surface area contributed by atoms with Crippen LogP contribution in [0.2, 0.25) is 0 Å². The highest BCUT2D eigenvalue weighted by atomic mass is 32.1. The van der Waals surface area contributed by atoms with Crippen LogP contribution in [0.1, 0.15) is 43.3 Å². The second kappa shape index (κ2) is 8.40. The Morgan fingerprint density at radius 3 is 2.46 bits per heavy atom. The van der Waals surface area contributed by atoms with Gasteiger partial charge < -0.3 is 10.6 Å². The molecule has 0 aliphatic heterocycles. The first-order valence-corrected chi connectivity index (χ1v) is 9.25. The van der Waals surface area contributed by atoms with Crippen molar-refractivity contribution in [3.05, 3.63) is 46.2 Å². The van der Waals surface area contributed by atoms with Crippen LogP contribution in [0, 0.1) is 18.2 Å². The summed E-state index contributed by atoms with van der Waals surface area (Å²) in [6, 6.07) is 6.34. The highest BCUT2D eigenvalue weighted by molar-refractivity contribution is 7.15. The molecule has 0 saturated carbocycles. The molecule has 2 rings (SSSR count). The van der Waals surface area contributed by atoms with Crippen molar-refractivity contribution in [2.45, 2.75) is 40.5 Å². The van der Waals surface area contributed by atoms with Crippen LogP contribution in [0.4, 0.5) is 9.52 Å². The first-order chi connectivity index (χ1) is 12.1. The third-order valence-electron chi connectivity index (χ3n) is 3.74. The van der Waals surface area contributed by atoms with Crippen molar-refractivity contribution in [3.8, 4) is 0 Å². The molecule has 1 aromatic carbocycles. The minimum Gasteiger partial charge on any atom is -0.355 e. The number of nitrogens with one attached hydrogen (secondary N) is 2. The topological polar surface area (TPSA) is 71.1 Å². The third kappa shape index (κ3) is 5.91. The SMILES string of the molecule is Cc1nc(NC(=O)CCNC(=O)C(C)(C)C)sc1Cc1ccc(F)cc1. The number of thiazole rings is 1. The summed E-state index contributed by atoms with van der Waals surface area (Å²) >= 11 is 1.41. The molecule has 5 nitrogen and oxygen atoms in total. The Morgan fingerprint density at radius 1 is 1.19 bits per heavy atom. The van der Waals surface area contributed by atoms with Gasteiger partial charge in [0.2, 0.25) is 11.8 Å². The number of carbonyl (C=O) groups is 2. The lowest BCUT2D eigenvalue weighted by Crippen LogP contribution is -2.36. The van der Waals surface area contributed by atoms with Crippen LogP contribution in [-0.4, -0.2) is 23.3 Å². The Bertz CT molecular complexity index is 779. The standard InChI is InChI=1S/C19H24FN3O2S/c1-12-15(11-13-5-7-14(20)8-6-13)26-18(22-12)23-16(24)9-10-21-17(25)19(2,3)4/h5-8H,9-11H2,1-4H3,(H,21,25)(H,22,23,24). The number of hydrogen-bond donors (Lipinski definition) is 2. The third-order valence-corrected chi connectivity index (χ3v) is 4.81. The number of nitrogens with zero attached hydrogens (tertiary/aromatic N) is 1. The summed E-state index contributed by atoms with van der Waals surface area (Å²) in [6.07, 6.45) is 0.828. The summed E-state index contributed by atoms with van der Waals surface area (Å²) in [5, 5.41) is 6.05. The second-order valence-corrected chi connectivity index (χ2v) is 8.22. The maximum atomic E-state index is 13.0. The van der Waals surface area contributed by atoms with Gasteiger partial charge in [0.05, 0.1) is 5.69 Å². The van der Waals surface area contributed by atoms with Gasteiger partial charge in [0.15, 0.2) is 5.13 Å². The Labute approximate surface area is 157 Å². The highest BCUT2D eigenvalue weighted by Crippen LogP contribution is 2.25. The summed E-state index contributed by atoms with van der Waals surface area (Å²) in [7, 11) is 0. The average molecular weight is 377 g/mol. The molecule has 0 atom stereocenters. The second-order valence-electron chi connectivity index (χ2n) is 7.13. The van der Waals surface area contributed by atoms with E-state index < -0.39 is 5.41 Å². The van der Waals surface area contributed by atoms with Gasteiger partial charge in [0.25, 0.3) is 0 Å². The first kappa shape index (κ1) is 20.0. The molecule has 0 aliphatic rings. The fourth-order valence-electron chi connectivity index (χ4n) is 2.17. The van der Waals surface area contributed by atoms with Crippen molar-refractivity contribution < 1.29 is 14.0 Å². The summed E-state index contributed by atoms with van der Waals surface area (Å²) in [5.74, 6) is -0.542. The number of halogens is 1. The van der Waals surface area contributed by atoms with E-state index in [0.717, 1.165) is 16.1 Å². The van der Waals surface area contributed by atoms with Crippen molar-refractivity contribution >= 4 is 28.3 Å². The molecule has 0 fully saturated rings. The number of aromatic nitrogens is 1. The fourth-order valence-corrected chi connectivity index (χ4v) is 3.18. The molecule has 0 saturated heterocycles. The van der Waals surface area contributed by atoms with E-state index in [0.29, 0.717) is 11.6 Å². The van der Waals surface area contributed by atoms with Gasteiger partial charge in [-0.05, 0) is 24.6 Å². The van der Waals surface area contributed by atoms with E-state index in [-0.39, 0.29) is 30.6 Å². The van der Waals surface area contributed by atoms with Crippen molar-refractivity contribution in [1.82, 2.24) is 10.3 Å². The number of benzene rings is 1. The first-order valence-electron chi connectivity index (χ1n) is 8.44. The number of hydrogen-bond acceptors (Lipinski definition) is 4. The van der Waals surface area contributed by atoms with Crippen molar-refractivity contribution in [3.63, 3.8) is 0 Å². The number of carbonyl (C=O) groups excluding carboxylic acids is 2. The van der Waals surface area contributed by atoms with E-state index >= 15 is 0 Å². The molecule has 0 bridgehead atoms. The molecule has 0 aliphatic carbocycles. The Hall–Kier alpha value is -2.28.